The SMILES string of the molecule is ON=C(c1ccc(F)cc1)c1cccc(-c2ccccn2)n1. The Morgan fingerprint density at radius 3 is 2.36 bits per heavy atom. The zero-order valence-electron chi connectivity index (χ0n) is 11.5. The first-order valence-corrected chi connectivity index (χ1v) is 6.65. The molecule has 4 nitrogen and oxygen atoms in total. The fourth-order valence-corrected chi connectivity index (χ4v) is 2.09. The first-order valence-electron chi connectivity index (χ1n) is 6.65. The van der Waals surface area contributed by atoms with Gasteiger partial charge in [-0.15, -0.1) is 0 Å². The molecule has 3 rings (SSSR count). The van der Waals surface area contributed by atoms with Gasteiger partial charge in [0.2, 0.25) is 0 Å². The molecule has 1 aromatic carbocycles. The summed E-state index contributed by atoms with van der Waals surface area (Å²) < 4.78 is 13.0. The Balaban J connectivity index is 2.02. The van der Waals surface area contributed by atoms with Gasteiger partial charge in [0.25, 0.3) is 0 Å². The quantitative estimate of drug-likeness (QED) is 0.457. The number of rotatable bonds is 3. The van der Waals surface area contributed by atoms with Crippen LogP contribution in [0.4, 0.5) is 4.39 Å². The third-order valence-corrected chi connectivity index (χ3v) is 3.14. The minimum Gasteiger partial charge on any atom is -0.410 e. The van der Waals surface area contributed by atoms with Gasteiger partial charge in [-0.3, -0.25) is 4.98 Å². The van der Waals surface area contributed by atoms with Crippen molar-refractivity contribution in [2.75, 3.05) is 0 Å². The van der Waals surface area contributed by atoms with E-state index in [9.17, 15) is 9.60 Å². The number of aromatic nitrogens is 2. The van der Waals surface area contributed by atoms with Crippen molar-refractivity contribution >= 4 is 5.71 Å². The summed E-state index contributed by atoms with van der Waals surface area (Å²) in [6.07, 6.45) is 1.69. The van der Waals surface area contributed by atoms with Crippen molar-refractivity contribution < 1.29 is 9.60 Å². The molecule has 0 atom stereocenters. The van der Waals surface area contributed by atoms with E-state index in [4.69, 9.17) is 0 Å². The average Bonchev–Trinajstić information content (AvgIpc) is 2.58. The van der Waals surface area contributed by atoms with Crippen LogP contribution >= 0.6 is 0 Å². The predicted molar refractivity (Wildman–Crippen MR) is 81.3 cm³/mol. The Morgan fingerprint density at radius 2 is 1.68 bits per heavy atom. The van der Waals surface area contributed by atoms with E-state index in [0.29, 0.717) is 17.0 Å². The summed E-state index contributed by atoms with van der Waals surface area (Å²) in [5, 5.41) is 12.6. The van der Waals surface area contributed by atoms with Gasteiger partial charge in [0, 0.05) is 11.8 Å². The fourth-order valence-electron chi connectivity index (χ4n) is 2.09. The van der Waals surface area contributed by atoms with E-state index in [1.165, 1.54) is 12.1 Å². The maximum absolute atomic E-state index is 13.0. The molecule has 0 fully saturated rings. The third-order valence-electron chi connectivity index (χ3n) is 3.14. The molecule has 108 valence electrons. The van der Waals surface area contributed by atoms with E-state index >= 15 is 0 Å². The van der Waals surface area contributed by atoms with Crippen molar-refractivity contribution in [1.82, 2.24) is 9.97 Å². The molecule has 3 aromatic rings. The summed E-state index contributed by atoms with van der Waals surface area (Å²) >= 11 is 0. The number of benzene rings is 1. The van der Waals surface area contributed by atoms with Crippen molar-refractivity contribution in [3.63, 3.8) is 0 Å². The lowest BCUT2D eigenvalue weighted by molar-refractivity contribution is 0.319. The van der Waals surface area contributed by atoms with Gasteiger partial charge in [-0.05, 0) is 48.5 Å². The third kappa shape index (κ3) is 2.83. The molecule has 1 N–H and O–H groups in total. The van der Waals surface area contributed by atoms with Crippen molar-refractivity contribution in [2.45, 2.75) is 0 Å². The second kappa shape index (κ2) is 6.13. The lowest BCUT2D eigenvalue weighted by atomic mass is 10.1. The molecule has 22 heavy (non-hydrogen) atoms. The van der Waals surface area contributed by atoms with E-state index < -0.39 is 0 Å². The topological polar surface area (TPSA) is 58.4 Å². The van der Waals surface area contributed by atoms with Crippen LogP contribution in [0.5, 0.6) is 0 Å². The van der Waals surface area contributed by atoms with Crippen LogP contribution in [0.2, 0.25) is 0 Å². The molecule has 5 heteroatoms. The average molecular weight is 293 g/mol. The van der Waals surface area contributed by atoms with E-state index in [1.54, 1.807) is 30.5 Å². The minimum absolute atomic E-state index is 0.276. The highest BCUT2D eigenvalue weighted by Gasteiger charge is 2.11. The molecule has 0 aliphatic rings. The smallest absolute Gasteiger partial charge is 0.135 e. The van der Waals surface area contributed by atoms with E-state index in [0.717, 1.165) is 5.69 Å². The molecule has 0 unspecified atom stereocenters. The Labute approximate surface area is 126 Å². The highest BCUT2D eigenvalue weighted by Crippen LogP contribution is 2.16. The number of hydrogen-bond donors (Lipinski definition) is 1. The van der Waals surface area contributed by atoms with Crippen LogP contribution in [-0.4, -0.2) is 20.9 Å². The molecule has 0 amide bonds. The molecule has 0 saturated heterocycles. The molecule has 0 aliphatic carbocycles. The number of pyridine rings is 2. The van der Waals surface area contributed by atoms with Crippen molar-refractivity contribution in [1.29, 1.82) is 0 Å². The molecule has 0 radical (unpaired) electrons. The molecule has 2 heterocycles. The van der Waals surface area contributed by atoms with E-state index in [-0.39, 0.29) is 11.5 Å². The van der Waals surface area contributed by atoms with Gasteiger partial charge in [0.15, 0.2) is 0 Å². The van der Waals surface area contributed by atoms with Crippen molar-refractivity contribution in [2.24, 2.45) is 5.16 Å². The molecule has 0 aliphatic heterocycles. The second-order valence-corrected chi connectivity index (χ2v) is 4.58. The van der Waals surface area contributed by atoms with E-state index in [2.05, 4.69) is 15.1 Å². The lowest BCUT2D eigenvalue weighted by Gasteiger charge is -2.06. The zero-order chi connectivity index (χ0) is 15.4. The van der Waals surface area contributed by atoms with Crippen LogP contribution in [0.15, 0.2) is 72.0 Å². The predicted octanol–water partition coefficient (Wildman–Crippen LogP) is 3.51. The number of halogens is 1. The van der Waals surface area contributed by atoms with Gasteiger partial charge in [-0.1, -0.05) is 17.3 Å². The summed E-state index contributed by atoms with van der Waals surface area (Å²) in [5.74, 6) is -0.351. The molecule has 0 saturated carbocycles. The summed E-state index contributed by atoms with van der Waals surface area (Å²) in [6, 6.07) is 16.6. The highest BCUT2D eigenvalue weighted by atomic mass is 19.1. The van der Waals surface area contributed by atoms with Crippen LogP contribution in [-0.2, 0) is 0 Å². The number of hydrogen-bond acceptors (Lipinski definition) is 4. The summed E-state index contributed by atoms with van der Waals surface area (Å²) in [5.41, 5.74) is 2.73. The van der Waals surface area contributed by atoms with Crippen LogP contribution < -0.4 is 0 Å². The van der Waals surface area contributed by atoms with Crippen LogP contribution in [0, 0.1) is 5.82 Å². The molecule has 2 aromatic heterocycles. The van der Waals surface area contributed by atoms with E-state index in [1.807, 2.05) is 24.3 Å². The Kier molecular flexibility index (Phi) is 3.87. The highest BCUT2D eigenvalue weighted by molar-refractivity contribution is 6.11. The first-order chi connectivity index (χ1) is 10.8. The molecular formula is C17H12FN3O. The lowest BCUT2D eigenvalue weighted by Crippen LogP contribution is -2.06. The molecule has 0 spiro atoms. The summed E-state index contributed by atoms with van der Waals surface area (Å²) in [4.78, 5) is 8.71. The largest absolute Gasteiger partial charge is 0.410 e. The minimum atomic E-state index is -0.351. The van der Waals surface area contributed by atoms with Gasteiger partial charge < -0.3 is 5.21 Å². The Morgan fingerprint density at radius 1 is 0.909 bits per heavy atom. The van der Waals surface area contributed by atoms with Crippen LogP contribution in [0.1, 0.15) is 11.3 Å². The monoisotopic (exact) mass is 293 g/mol. The normalized spacial score (nSPS) is 11.4. The van der Waals surface area contributed by atoms with Gasteiger partial charge in [0.1, 0.15) is 11.5 Å². The van der Waals surface area contributed by atoms with Crippen molar-refractivity contribution in [3.8, 4) is 11.4 Å². The van der Waals surface area contributed by atoms with Gasteiger partial charge in [0.05, 0.1) is 17.1 Å². The van der Waals surface area contributed by atoms with Crippen LogP contribution in [0.3, 0.4) is 0 Å². The van der Waals surface area contributed by atoms with Gasteiger partial charge >= 0.3 is 0 Å². The zero-order valence-corrected chi connectivity index (χ0v) is 11.5. The van der Waals surface area contributed by atoms with Gasteiger partial charge in [-0.25, -0.2) is 9.37 Å². The van der Waals surface area contributed by atoms with Crippen molar-refractivity contribution in [3.05, 3.63) is 83.9 Å². The molecule has 0 bridgehead atoms. The van der Waals surface area contributed by atoms with Gasteiger partial charge in [-0.2, -0.15) is 0 Å². The Hall–Kier alpha value is -3.08. The molecular weight excluding hydrogens is 281 g/mol. The number of oxime groups is 1. The summed E-state index contributed by atoms with van der Waals surface area (Å²) in [7, 11) is 0. The maximum atomic E-state index is 13.0. The summed E-state index contributed by atoms with van der Waals surface area (Å²) in [6.45, 7) is 0. The fraction of sp³-hybridized carbons (Fsp3) is 0. The maximum Gasteiger partial charge on any atom is 0.135 e. The Bertz CT molecular complexity index is 802. The van der Waals surface area contributed by atoms with Crippen LogP contribution in [0.25, 0.3) is 11.4 Å². The first kappa shape index (κ1) is 13.9. The standard InChI is InChI=1S/C17H12FN3O/c18-13-9-7-12(8-10-13)17(21-22)16-6-3-5-15(20-16)14-4-1-2-11-19-14/h1-11,22H. The number of nitrogens with zero attached hydrogens (tertiary/aromatic N) is 3. The second-order valence-electron chi connectivity index (χ2n) is 4.58.